The molecular formula is C16H28N4O. The van der Waals surface area contributed by atoms with Gasteiger partial charge in [0, 0.05) is 37.7 Å². The number of aromatic nitrogens is 2. The fourth-order valence-corrected chi connectivity index (χ4v) is 2.88. The maximum atomic E-state index is 9.29. The third kappa shape index (κ3) is 4.06. The summed E-state index contributed by atoms with van der Waals surface area (Å²) in [6.07, 6.45) is 4.39. The van der Waals surface area contributed by atoms with E-state index in [1.165, 1.54) is 12.8 Å². The number of anilines is 2. The number of nitrogens with zero attached hydrogens (tertiary/aromatic N) is 3. The molecule has 5 heteroatoms. The van der Waals surface area contributed by atoms with Gasteiger partial charge < -0.3 is 15.3 Å². The summed E-state index contributed by atoms with van der Waals surface area (Å²) in [5.74, 6) is 3.10. The van der Waals surface area contributed by atoms with Crippen molar-refractivity contribution in [2.45, 2.75) is 58.4 Å². The van der Waals surface area contributed by atoms with Crippen molar-refractivity contribution in [1.29, 1.82) is 0 Å². The van der Waals surface area contributed by atoms with Gasteiger partial charge in [-0.2, -0.15) is 0 Å². The number of piperidine rings is 1. The molecule has 2 heterocycles. The Bertz CT molecular complexity index is 448. The zero-order valence-corrected chi connectivity index (χ0v) is 13.5. The summed E-state index contributed by atoms with van der Waals surface area (Å²) in [6.45, 7) is 8.43. The van der Waals surface area contributed by atoms with Gasteiger partial charge in [0.05, 0.1) is 0 Å². The molecule has 0 bridgehead atoms. The van der Waals surface area contributed by atoms with Gasteiger partial charge in [-0.15, -0.1) is 0 Å². The van der Waals surface area contributed by atoms with Crippen molar-refractivity contribution in [2.75, 3.05) is 29.9 Å². The summed E-state index contributed by atoms with van der Waals surface area (Å²) in [4.78, 5) is 11.7. The summed E-state index contributed by atoms with van der Waals surface area (Å²) in [5.41, 5.74) is 0. The standard InChI is InChI=1S/C16H28N4O/c1-4-17-14-11-15(19-16(18-14)12(2)3)20-9-6-5-7-13(20)8-10-21/h11-13,21H,4-10H2,1-3H3,(H,17,18,19). The fraction of sp³-hybridized carbons (Fsp3) is 0.750. The lowest BCUT2D eigenvalue weighted by atomic mass is 9.99. The van der Waals surface area contributed by atoms with E-state index in [-0.39, 0.29) is 6.61 Å². The minimum atomic E-state index is 0.239. The van der Waals surface area contributed by atoms with Gasteiger partial charge >= 0.3 is 0 Å². The van der Waals surface area contributed by atoms with Gasteiger partial charge in [0.2, 0.25) is 0 Å². The topological polar surface area (TPSA) is 61.3 Å². The van der Waals surface area contributed by atoms with E-state index in [1.807, 2.05) is 6.07 Å². The Morgan fingerprint density at radius 3 is 2.86 bits per heavy atom. The molecule has 2 N–H and O–H groups in total. The lowest BCUT2D eigenvalue weighted by Gasteiger charge is -2.36. The second kappa shape index (κ2) is 7.59. The summed E-state index contributed by atoms with van der Waals surface area (Å²) in [5, 5.41) is 12.6. The molecule has 0 saturated carbocycles. The lowest BCUT2D eigenvalue weighted by Crippen LogP contribution is -2.40. The monoisotopic (exact) mass is 292 g/mol. The molecule has 1 saturated heterocycles. The van der Waals surface area contributed by atoms with Crippen LogP contribution in [0.25, 0.3) is 0 Å². The molecule has 118 valence electrons. The first kappa shape index (κ1) is 16.0. The first-order valence-electron chi connectivity index (χ1n) is 8.16. The summed E-state index contributed by atoms with van der Waals surface area (Å²) >= 11 is 0. The Balaban J connectivity index is 2.30. The van der Waals surface area contributed by atoms with E-state index in [4.69, 9.17) is 4.98 Å². The van der Waals surface area contributed by atoms with E-state index >= 15 is 0 Å². The maximum absolute atomic E-state index is 9.29. The highest BCUT2D eigenvalue weighted by molar-refractivity contribution is 5.50. The third-order valence-electron chi connectivity index (χ3n) is 3.99. The molecule has 1 aromatic rings. The Morgan fingerprint density at radius 1 is 1.38 bits per heavy atom. The van der Waals surface area contributed by atoms with Gasteiger partial charge in [-0.25, -0.2) is 9.97 Å². The molecule has 1 fully saturated rings. The smallest absolute Gasteiger partial charge is 0.135 e. The van der Waals surface area contributed by atoms with Gasteiger partial charge in [0.15, 0.2) is 0 Å². The molecule has 1 aliphatic heterocycles. The molecule has 21 heavy (non-hydrogen) atoms. The number of hydrogen-bond acceptors (Lipinski definition) is 5. The molecule has 0 radical (unpaired) electrons. The molecule has 5 nitrogen and oxygen atoms in total. The van der Waals surface area contributed by atoms with Crippen LogP contribution < -0.4 is 10.2 Å². The summed E-state index contributed by atoms with van der Waals surface area (Å²) < 4.78 is 0. The fourth-order valence-electron chi connectivity index (χ4n) is 2.88. The highest BCUT2D eigenvalue weighted by Gasteiger charge is 2.24. The lowest BCUT2D eigenvalue weighted by molar-refractivity contribution is 0.262. The van der Waals surface area contributed by atoms with Gasteiger partial charge in [-0.1, -0.05) is 13.8 Å². The van der Waals surface area contributed by atoms with Crippen LogP contribution in [0, 0.1) is 0 Å². The van der Waals surface area contributed by atoms with Crippen LogP contribution >= 0.6 is 0 Å². The summed E-state index contributed by atoms with van der Waals surface area (Å²) in [6, 6.07) is 2.44. The predicted molar refractivity (Wildman–Crippen MR) is 87.0 cm³/mol. The predicted octanol–water partition coefficient (Wildman–Crippen LogP) is 2.77. The average Bonchev–Trinajstić information content (AvgIpc) is 2.48. The Labute approximate surface area is 127 Å². The van der Waals surface area contributed by atoms with Crippen LogP contribution in [0.15, 0.2) is 6.07 Å². The molecule has 1 atom stereocenters. The van der Waals surface area contributed by atoms with Gasteiger partial charge in [-0.3, -0.25) is 0 Å². The van der Waals surface area contributed by atoms with E-state index in [1.54, 1.807) is 0 Å². The van der Waals surface area contributed by atoms with E-state index in [0.29, 0.717) is 12.0 Å². The molecule has 0 aromatic carbocycles. The van der Waals surface area contributed by atoms with Crippen LogP contribution in [-0.2, 0) is 0 Å². The van der Waals surface area contributed by atoms with Crippen LogP contribution in [0.5, 0.6) is 0 Å². The highest BCUT2D eigenvalue weighted by Crippen LogP contribution is 2.27. The first-order chi connectivity index (χ1) is 10.2. The van der Waals surface area contributed by atoms with E-state index in [9.17, 15) is 5.11 Å². The Kier molecular flexibility index (Phi) is 5.79. The number of aliphatic hydroxyl groups is 1. The van der Waals surface area contributed by atoms with Crippen molar-refractivity contribution in [2.24, 2.45) is 0 Å². The van der Waals surface area contributed by atoms with E-state index < -0.39 is 0 Å². The van der Waals surface area contributed by atoms with Crippen molar-refractivity contribution in [3.63, 3.8) is 0 Å². The molecule has 0 aliphatic carbocycles. The largest absolute Gasteiger partial charge is 0.396 e. The van der Waals surface area contributed by atoms with Crippen molar-refractivity contribution in [3.05, 3.63) is 11.9 Å². The van der Waals surface area contributed by atoms with Crippen LogP contribution in [0.2, 0.25) is 0 Å². The maximum Gasteiger partial charge on any atom is 0.135 e. The number of nitrogens with one attached hydrogen (secondary N) is 1. The molecule has 1 aromatic heterocycles. The summed E-state index contributed by atoms with van der Waals surface area (Å²) in [7, 11) is 0. The van der Waals surface area contributed by atoms with Crippen molar-refractivity contribution < 1.29 is 5.11 Å². The number of hydrogen-bond donors (Lipinski definition) is 2. The van der Waals surface area contributed by atoms with Gasteiger partial charge in [-0.05, 0) is 32.6 Å². The normalized spacial score (nSPS) is 19.1. The second-order valence-corrected chi connectivity index (χ2v) is 6.01. The molecule has 1 aliphatic rings. The highest BCUT2D eigenvalue weighted by atomic mass is 16.3. The average molecular weight is 292 g/mol. The van der Waals surface area contributed by atoms with Crippen LogP contribution in [-0.4, -0.2) is 40.8 Å². The zero-order chi connectivity index (χ0) is 15.2. The molecular weight excluding hydrogens is 264 g/mol. The molecule has 1 unspecified atom stereocenters. The van der Waals surface area contributed by atoms with Crippen molar-refractivity contribution in [3.8, 4) is 0 Å². The van der Waals surface area contributed by atoms with Crippen molar-refractivity contribution in [1.82, 2.24) is 9.97 Å². The first-order valence-corrected chi connectivity index (χ1v) is 8.16. The van der Waals surface area contributed by atoms with Crippen LogP contribution in [0.4, 0.5) is 11.6 Å². The van der Waals surface area contributed by atoms with Gasteiger partial charge in [0.25, 0.3) is 0 Å². The zero-order valence-electron chi connectivity index (χ0n) is 13.5. The Morgan fingerprint density at radius 2 is 2.19 bits per heavy atom. The SMILES string of the molecule is CCNc1cc(N2CCCCC2CCO)nc(C(C)C)n1. The van der Waals surface area contributed by atoms with Crippen LogP contribution in [0.1, 0.15) is 58.2 Å². The van der Waals surface area contributed by atoms with Gasteiger partial charge in [0.1, 0.15) is 17.5 Å². The second-order valence-electron chi connectivity index (χ2n) is 6.01. The minimum Gasteiger partial charge on any atom is -0.396 e. The number of aliphatic hydroxyl groups excluding tert-OH is 1. The van der Waals surface area contributed by atoms with E-state index in [0.717, 1.165) is 43.4 Å². The van der Waals surface area contributed by atoms with E-state index in [2.05, 4.69) is 36.0 Å². The quantitative estimate of drug-likeness (QED) is 0.844. The number of rotatable bonds is 6. The molecule has 0 amide bonds. The van der Waals surface area contributed by atoms with Crippen LogP contribution in [0.3, 0.4) is 0 Å². The van der Waals surface area contributed by atoms with Crippen molar-refractivity contribution >= 4 is 11.6 Å². The Hall–Kier alpha value is -1.36. The molecule has 2 rings (SSSR count). The molecule has 0 spiro atoms. The third-order valence-corrected chi connectivity index (χ3v) is 3.99. The minimum absolute atomic E-state index is 0.239.